The van der Waals surface area contributed by atoms with Crippen LogP contribution in [0.5, 0.6) is 0 Å². The molecule has 0 N–H and O–H groups in total. The van der Waals surface area contributed by atoms with E-state index in [1.165, 1.54) is 0 Å². The zero-order valence-electron chi connectivity index (χ0n) is 12.8. The summed E-state index contributed by atoms with van der Waals surface area (Å²) in [6.07, 6.45) is 7.30. The Balaban J connectivity index is 3.04. The van der Waals surface area contributed by atoms with E-state index in [-0.39, 0.29) is 11.8 Å². The first-order valence-corrected chi connectivity index (χ1v) is 7.42. The van der Waals surface area contributed by atoms with Gasteiger partial charge in [0.2, 0.25) is 5.91 Å². The zero-order chi connectivity index (χ0) is 15.0. The average Bonchev–Trinajstić information content (AvgIpc) is 2.48. The molecule has 0 aliphatic carbocycles. The summed E-state index contributed by atoms with van der Waals surface area (Å²) in [7, 11) is 0. The van der Waals surface area contributed by atoms with Crippen LogP contribution in [0.1, 0.15) is 45.1 Å². The molecule has 0 aromatic heterocycles. The molecule has 1 amide bonds. The molecule has 1 rings (SSSR count). The summed E-state index contributed by atoms with van der Waals surface area (Å²) in [4.78, 5) is 14.7. The minimum atomic E-state index is -0.0962. The molecule has 20 heavy (non-hydrogen) atoms. The molecule has 2 atom stereocenters. The topological polar surface area (TPSA) is 20.3 Å². The van der Waals surface area contributed by atoms with Crippen LogP contribution in [-0.4, -0.2) is 23.9 Å². The maximum absolute atomic E-state index is 12.9. The van der Waals surface area contributed by atoms with Crippen molar-refractivity contribution in [3.05, 3.63) is 35.9 Å². The number of carbonyl (C=O) groups excluding carboxylic acids is 1. The van der Waals surface area contributed by atoms with Crippen LogP contribution in [0.25, 0.3) is 0 Å². The van der Waals surface area contributed by atoms with E-state index in [2.05, 4.69) is 26.7 Å². The molecule has 0 radical (unpaired) electrons. The first-order valence-electron chi connectivity index (χ1n) is 7.42. The highest BCUT2D eigenvalue weighted by Gasteiger charge is 2.29. The summed E-state index contributed by atoms with van der Waals surface area (Å²) >= 11 is 0. The zero-order valence-corrected chi connectivity index (χ0v) is 12.8. The minimum absolute atomic E-state index is 0.0962. The normalized spacial score (nSPS) is 13.3. The third-order valence-corrected chi connectivity index (χ3v) is 3.73. The summed E-state index contributed by atoms with van der Waals surface area (Å²) < 4.78 is 0. The van der Waals surface area contributed by atoms with Crippen LogP contribution in [0.3, 0.4) is 0 Å². The molecule has 0 spiro atoms. The fourth-order valence-electron chi connectivity index (χ4n) is 2.45. The van der Waals surface area contributed by atoms with Gasteiger partial charge in [0, 0.05) is 6.54 Å². The number of hydrogen-bond acceptors (Lipinski definition) is 1. The number of hydrogen-bond donors (Lipinski definition) is 0. The second-order valence-corrected chi connectivity index (χ2v) is 5.24. The van der Waals surface area contributed by atoms with Gasteiger partial charge in [0.05, 0.1) is 12.5 Å². The molecule has 0 heterocycles. The minimum Gasteiger partial charge on any atom is -0.331 e. The molecule has 0 aliphatic rings. The van der Waals surface area contributed by atoms with Crippen LogP contribution in [0.2, 0.25) is 0 Å². The highest BCUT2D eigenvalue weighted by Crippen LogP contribution is 2.29. The first kappa shape index (κ1) is 16.3. The van der Waals surface area contributed by atoms with Crippen LogP contribution < -0.4 is 0 Å². The lowest BCUT2D eigenvalue weighted by molar-refractivity contribution is -0.133. The van der Waals surface area contributed by atoms with E-state index in [1.807, 2.05) is 35.2 Å². The Kier molecular flexibility index (Phi) is 6.87. The quantitative estimate of drug-likeness (QED) is 0.693. The van der Waals surface area contributed by atoms with E-state index in [1.54, 1.807) is 0 Å². The van der Waals surface area contributed by atoms with Crippen molar-refractivity contribution >= 4 is 5.91 Å². The monoisotopic (exact) mass is 271 g/mol. The molecular weight excluding hydrogens is 246 g/mol. The summed E-state index contributed by atoms with van der Waals surface area (Å²) in [5.41, 5.74) is 1.09. The van der Waals surface area contributed by atoms with Gasteiger partial charge in [-0.3, -0.25) is 4.79 Å². The van der Waals surface area contributed by atoms with Crippen molar-refractivity contribution in [3.8, 4) is 12.3 Å². The van der Waals surface area contributed by atoms with E-state index >= 15 is 0 Å². The molecule has 2 unspecified atom stereocenters. The molecular formula is C18H25NO. The summed E-state index contributed by atoms with van der Waals surface area (Å²) in [6, 6.07) is 10.0. The Labute approximate surface area is 123 Å². The molecule has 0 aliphatic heterocycles. The van der Waals surface area contributed by atoms with Crippen molar-refractivity contribution in [1.82, 2.24) is 4.90 Å². The Morgan fingerprint density at radius 3 is 2.45 bits per heavy atom. The van der Waals surface area contributed by atoms with Gasteiger partial charge >= 0.3 is 0 Å². The van der Waals surface area contributed by atoms with Crippen LogP contribution >= 0.6 is 0 Å². The van der Waals surface area contributed by atoms with E-state index in [0.29, 0.717) is 12.5 Å². The van der Waals surface area contributed by atoms with Gasteiger partial charge in [0.1, 0.15) is 0 Å². The predicted octanol–water partition coefficient (Wildman–Crippen LogP) is 3.69. The maximum atomic E-state index is 12.9. The van der Waals surface area contributed by atoms with Gasteiger partial charge in [-0.15, -0.1) is 6.42 Å². The third-order valence-electron chi connectivity index (χ3n) is 3.73. The molecule has 0 saturated heterocycles. The van der Waals surface area contributed by atoms with Gasteiger partial charge in [-0.25, -0.2) is 0 Å². The lowest BCUT2D eigenvalue weighted by atomic mass is 9.84. The highest BCUT2D eigenvalue weighted by molar-refractivity contribution is 5.84. The van der Waals surface area contributed by atoms with Gasteiger partial charge < -0.3 is 4.90 Å². The van der Waals surface area contributed by atoms with Crippen LogP contribution in [0, 0.1) is 18.3 Å². The second-order valence-electron chi connectivity index (χ2n) is 5.24. The van der Waals surface area contributed by atoms with Gasteiger partial charge in [0.15, 0.2) is 0 Å². The SMILES string of the molecule is C#CCN(CCC)C(=O)C(c1ccccc1)C(C)CC. The Morgan fingerprint density at radius 2 is 1.95 bits per heavy atom. The van der Waals surface area contributed by atoms with Crippen molar-refractivity contribution in [2.45, 2.75) is 39.5 Å². The van der Waals surface area contributed by atoms with Crippen LogP contribution in [-0.2, 0) is 4.79 Å². The van der Waals surface area contributed by atoms with E-state index in [9.17, 15) is 4.79 Å². The average molecular weight is 271 g/mol. The highest BCUT2D eigenvalue weighted by atomic mass is 16.2. The van der Waals surface area contributed by atoms with Gasteiger partial charge in [-0.05, 0) is 17.9 Å². The first-order chi connectivity index (χ1) is 9.65. The number of carbonyl (C=O) groups is 1. The molecule has 0 bridgehead atoms. The predicted molar refractivity (Wildman–Crippen MR) is 84.3 cm³/mol. The summed E-state index contributed by atoms with van der Waals surface area (Å²) in [5.74, 6) is 2.97. The number of benzene rings is 1. The van der Waals surface area contributed by atoms with Crippen molar-refractivity contribution in [2.24, 2.45) is 5.92 Å². The fourth-order valence-corrected chi connectivity index (χ4v) is 2.45. The lowest BCUT2D eigenvalue weighted by Crippen LogP contribution is -2.38. The van der Waals surface area contributed by atoms with E-state index < -0.39 is 0 Å². The number of terminal acetylenes is 1. The largest absolute Gasteiger partial charge is 0.331 e. The standard InChI is InChI=1S/C18H25NO/c1-5-13-19(14-6-2)18(20)17(15(4)7-3)16-11-9-8-10-12-16/h1,8-12,15,17H,6-7,13-14H2,2-4H3. The van der Waals surface area contributed by atoms with E-state index in [4.69, 9.17) is 6.42 Å². The fraction of sp³-hybridized carbons (Fsp3) is 0.500. The summed E-state index contributed by atoms with van der Waals surface area (Å²) in [5, 5.41) is 0. The molecule has 2 heteroatoms. The lowest BCUT2D eigenvalue weighted by Gasteiger charge is -2.29. The number of nitrogens with zero attached hydrogens (tertiary/aromatic N) is 1. The number of rotatable bonds is 7. The molecule has 2 nitrogen and oxygen atoms in total. The van der Waals surface area contributed by atoms with Gasteiger partial charge in [0.25, 0.3) is 0 Å². The maximum Gasteiger partial charge on any atom is 0.231 e. The Bertz CT molecular complexity index is 446. The molecule has 1 aromatic rings. The van der Waals surface area contributed by atoms with Crippen LogP contribution in [0.4, 0.5) is 0 Å². The molecule has 108 valence electrons. The van der Waals surface area contributed by atoms with E-state index in [0.717, 1.165) is 24.9 Å². The van der Waals surface area contributed by atoms with Crippen molar-refractivity contribution in [2.75, 3.05) is 13.1 Å². The second kappa shape index (κ2) is 8.43. The van der Waals surface area contributed by atoms with Crippen LogP contribution in [0.15, 0.2) is 30.3 Å². The smallest absolute Gasteiger partial charge is 0.231 e. The molecule has 1 aromatic carbocycles. The Morgan fingerprint density at radius 1 is 1.30 bits per heavy atom. The number of amides is 1. The molecule has 0 saturated carbocycles. The Hall–Kier alpha value is -1.75. The third kappa shape index (κ3) is 4.13. The van der Waals surface area contributed by atoms with Gasteiger partial charge in [-0.1, -0.05) is 63.4 Å². The van der Waals surface area contributed by atoms with Gasteiger partial charge in [-0.2, -0.15) is 0 Å². The van der Waals surface area contributed by atoms with Crippen molar-refractivity contribution in [3.63, 3.8) is 0 Å². The van der Waals surface area contributed by atoms with Crippen molar-refractivity contribution in [1.29, 1.82) is 0 Å². The molecule has 0 fully saturated rings. The summed E-state index contributed by atoms with van der Waals surface area (Å²) in [6.45, 7) is 7.45. The van der Waals surface area contributed by atoms with Crippen molar-refractivity contribution < 1.29 is 4.79 Å².